The number of carbonyl (C=O) groups is 4. The number of aliphatic carboxylic acids is 4. The summed E-state index contributed by atoms with van der Waals surface area (Å²) in [5, 5.41) is 35.0. The van der Waals surface area contributed by atoms with Gasteiger partial charge in [0.2, 0.25) is 0 Å². The first kappa shape index (κ1) is 23.0. The van der Waals surface area contributed by atoms with Crippen LogP contribution in [0.25, 0.3) is 0 Å². The van der Waals surface area contributed by atoms with E-state index in [1.165, 1.54) is 0 Å². The van der Waals surface area contributed by atoms with Crippen molar-refractivity contribution in [1.82, 2.24) is 9.80 Å². The number of carboxylic acid groups (broad SMARTS) is 4. The second-order valence-electron chi connectivity index (χ2n) is 4.63. The molecule has 1 unspecified atom stereocenters. The zero-order chi connectivity index (χ0) is 19.8. The van der Waals surface area contributed by atoms with E-state index in [1.807, 2.05) is 0 Å². The van der Waals surface area contributed by atoms with Crippen LogP contribution in [0.15, 0.2) is 0 Å². The summed E-state index contributed by atoms with van der Waals surface area (Å²) in [4.78, 5) is 44.3. The third-order valence-corrected chi connectivity index (χ3v) is 4.12. The fourth-order valence-electron chi connectivity index (χ4n) is 1.74. The Balaban J connectivity index is 5.58. The summed E-state index contributed by atoms with van der Waals surface area (Å²) in [7, 11) is 0. The monoisotopic (exact) mass is 540 g/mol. The fourth-order valence-corrected chi connectivity index (χ4v) is 3.41. The van der Waals surface area contributed by atoms with E-state index < -0.39 is 79.6 Å². The predicted molar refractivity (Wildman–Crippen MR) is 67.0 cm³/mol. The van der Waals surface area contributed by atoms with Gasteiger partial charge in [-0.3, -0.25) is 0 Å². The Bertz CT molecular complexity index is 585. The molecule has 0 spiro atoms. The van der Waals surface area contributed by atoms with Gasteiger partial charge in [-0.1, -0.05) is 0 Å². The molecule has 0 aliphatic carbocycles. The van der Waals surface area contributed by atoms with Gasteiger partial charge in [0.25, 0.3) is 0 Å². The molecule has 0 saturated heterocycles. The van der Waals surface area contributed by atoms with Crippen molar-refractivity contribution in [2.24, 2.45) is 0 Å². The third-order valence-electron chi connectivity index (χ3n) is 2.45. The molecule has 25 heavy (non-hydrogen) atoms. The molecule has 0 aliphatic rings. The van der Waals surface area contributed by atoms with Crippen LogP contribution in [0.4, 0.5) is 0 Å². The van der Waals surface area contributed by atoms with E-state index in [1.54, 1.807) is 0 Å². The van der Waals surface area contributed by atoms with Gasteiger partial charge in [0, 0.05) is 0 Å². The van der Waals surface area contributed by atoms with Gasteiger partial charge < -0.3 is 0 Å². The Morgan fingerprint density at radius 2 is 1.16 bits per heavy atom. The molecule has 0 aromatic heterocycles. The number of nitrogens with zero attached hydrogens (tertiary/aromatic N) is 2. The van der Waals surface area contributed by atoms with Crippen molar-refractivity contribution in [1.29, 1.82) is 0 Å². The normalized spacial score (nSPS) is 12.9. The maximum atomic E-state index is 11.0. The average molecular weight is 540 g/mol. The zero-order valence-corrected chi connectivity index (χ0v) is 15.4. The summed E-state index contributed by atoms with van der Waals surface area (Å²) in [6, 6.07) is 0. The molecule has 0 aliphatic heterocycles. The van der Waals surface area contributed by atoms with Gasteiger partial charge in [-0.15, -0.1) is 0 Å². The molecule has 0 amide bonds. The van der Waals surface area contributed by atoms with Crippen LogP contribution in [0.3, 0.4) is 0 Å². The SMILES string of the molecule is O=C(O)CN(CC(=O)O)CC([O][W](=[O])(=[O])[OH])N(CC(=O)O)CC(=O)O. The molecule has 0 radical (unpaired) electrons. The van der Waals surface area contributed by atoms with Crippen LogP contribution in [0.2, 0.25) is 0 Å². The van der Waals surface area contributed by atoms with Gasteiger partial charge in [-0.2, -0.15) is 0 Å². The number of rotatable bonds is 13. The third kappa shape index (κ3) is 12.1. The van der Waals surface area contributed by atoms with E-state index >= 15 is 0 Å². The minimum atomic E-state index is -6.52. The Labute approximate surface area is 143 Å². The van der Waals surface area contributed by atoms with E-state index in [4.69, 9.17) is 24.2 Å². The first-order valence-electron chi connectivity index (χ1n) is 6.29. The van der Waals surface area contributed by atoms with Gasteiger partial charge >= 0.3 is 143 Å². The Hall–Kier alpha value is -1.99. The van der Waals surface area contributed by atoms with Gasteiger partial charge in [0.1, 0.15) is 0 Å². The molecule has 0 aromatic rings. The van der Waals surface area contributed by atoms with Crippen molar-refractivity contribution >= 4 is 23.9 Å². The zero-order valence-electron chi connectivity index (χ0n) is 12.5. The van der Waals surface area contributed by atoms with Crippen LogP contribution in [-0.2, 0) is 46.1 Å². The van der Waals surface area contributed by atoms with Crippen LogP contribution in [0, 0.1) is 0 Å². The molecule has 5 N–H and O–H groups in total. The van der Waals surface area contributed by atoms with Crippen molar-refractivity contribution in [3.63, 3.8) is 0 Å². The molecule has 0 fully saturated rings. The van der Waals surface area contributed by atoms with Crippen molar-refractivity contribution in [2.45, 2.75) is 6.23 Å². The summed E-state index contributed by atoms with van der Waals surface area (Å²) < 4.78 is 35.3. The number of hydrogen-bond donors (Lipinski definition) is 5. The van der Waals surface area contributed by atoms with E-state index in [0.717, 1.165) is 0 Å². The Morgan fingerprint density at radius 1 is 0.800 bits per heavy atom. The molecular weight excluding hydrogens is 524 g/mol. The van der Waals surface area contributed by atoms with E-state index in [2.05, 4.69) is 3.39 Å². The summed E-state index contributed by atoms with van der Waals surface area (Å²) in [6.07, 6.45) is -1.92. The molecule has 0 saturated carbocycles. The van der Waals surface area contributed by atoms with Crippen molar-refractivity contribution in [3.05, 3.63) is 0 Å². The van der Waals surface area contributed by atoms with E-state index in [9.17, 15) is 26.0 Å². The summed E-state index contributed by atoms with van der Waals surface area (Å²) in [5.41, 5.74) is 0. The molecular formula is C10H16N2O12W. The number of carboxylic acids is 4. The molecule has 15 heteroatoms. The standard InChI is InChI=1S/C10H15N2O9.H2O.2O.W/c13-6(12(4-9(18)19)5-10(20)21)1-11(2-7(14)15)3-8(16)17;;;;/h6H,1-5H2,(H,14,15)(H,16,17)(H,18,19)(H,20,21);1H2;;;/q-1;;;;+2/p-1. The first-order chi connectivity index (χ1) is 11.3. The topological polar surface area (TPSA) is 219 Å². The molecule has 0 aromatic carbocycles. The van der Waals surface area contributed by atoms with E-state index in [0.29, 0.717) is 9.80 Å². The van der Waals surface area contributed by atoms with Crippen LogP contribution in [0.1, 0.15) is 0 Å². The first-order valence-corrected chi connectivity index (χ1v) is 11.2. The second kappa shape index (κ2) is 10.1. The molecule has 0 heterocycles. The molecule has 0 bridgehead atoms. The molecule has 1 atom stereocenters. The van der Waals surface area contributed by atoms with Gasteiger partial charge in [-0.05, 0) is 0 Å². The number of hydrogen-bond acceptors (Lipinski definition) is 9. The molecule has 14 nitrogen and oxygen atoms in total. The van der Waals surface area contributed by atoms with E-state index in [-0.39, 0.29) is 0 Å². The van der Waals surface area contributed by atoms with Gasteiger partial charge in [0.05, 0.1) is 0 Å². The van der Waals surface area contributed by atoms with Crippen molar-refractivity contribution in [3.8, 4) is 0 Å². The van der Waals surface area contributed by atoms with Gasteiger partial charge in [-0.25, -0.2) is 0 Å². The summed E-state index contributed by atoms with van der Waals surface area (Å²) in [5.74, 6) is -6.08. The van der Waals surface area contributed by atoms with Crippen LogP contribution in [0.5, 0.6) is 0 Å². The minimum absolute atomic E-state index is 0.485. The Kier molecular flexibility index (Phi) is 9.30. The van der Waals surface area contributed by atoms with Crippen molar-refractivity contribution in [2.75, 3.05) is 32.7 Å². The summed E-state index contributed by atoms with van der Waals surface area (Å²) >= 11 is -6.52. The average Bonchev–Trinajstić information content (AvgIpc) is 2.32. The summed E-state index contributed by atoms with van der Waals surface area (Å²) in [6.45, 7) is -4.61. The maximum absolute atomic E-state index is 11.0. The fraction of sp³-hybridized carbons (Fsp3) is 0.600. The van der Waals surface area contributed by atoms with Crippen LogP contribution in [-0.4, -0.2) is 96.8 Å². The van der Waals surface area contributed by atoms with Crippen LogP contribution >= 0.6 is 0 Å². The predicted octanol–water partition coefficient (Wildman–Crippen LogP) is -3.06. The quantitative estimate of drug-likeness (QED) is 0.147. The Morgan fingerprint density at radius 3 is 1.44 bits per heavy atom. The van der Waals surface area contributed by atoms with Gasteiger partial charge in [0.15, 0.2) is 0 Å². The second-order valence-corrected chi connectivity index (χ2v) is 8.39. The molecule has 0 rings (SSSR count). The van der Waals surface area contributed by atoms with Crippen LogP contribution < -0.4 is 0 Å². The molecule has 144 valence electrons. The van der Waals surface area contributed by atoms with Crippen molar-refractivity contribution < 1.29 is 70.3 Å².